The first-order valence-electron chi connectivity index (χ1n) is 2.76. The molecule has 0 aliphatic heterocycles. The number of rotatable bonds is 1. The number of phenols is 1. The molecule has 0 saturated heterocycles. The molecule has 2 heteroatoms. The number of hydrogen-bond acceptors (Lipinski definition) is 1. The topological polar surface area (TPSA) is 20.2 Å². The fraction of sp³-hybridized carbons (Fsp3) is 0. The number of hydrogen-bond donors (Lipinski definition) is 1. The van der Waals surface area contributed by atoms with Gasteiger partial charge in [0.15, 0.2) is 0 Å². The molecule has 0 aliphatic carbocycles. The zero-order valence-corrected chi connectivity index (χ0v) is 6.85. The van der Waals surface area contributed by atoms with Crippen LogP contribution in [0.4, 0.5) is 0 Å². The van der Waals surface area contributed by atoms with Crippen molar-refractivity contribution in [3.8, 4) is 5.75 Å². The van der Waals surface area contributed by atoms with Crippen molar-refractivity contribution in [3.05, 3.63) is 40.9 Å². The molecule has 0 amide bonds. The summed E-state index contributed by atoms with van der Waals surface area (Å²) in [5, 5.41) is 9.12. The van der Waals surface area contributed by atoms with Gasteiger partial charge in [-0.05, 0) is 33.6 Å². The molecule has 0 bridgehead atoms. The summed E-state index contributed by atoms with van der Waals surface area (Å²) in [6, 6.07) is 5.16. The quantitative estimate of drug-likeness (QED) is 0.734. The van der Waals surface area contributed by atoms with Crippen molar-refractivity contribution in [2.45, 2.75) is 0 Å². The first-order chi connectivity index (χ1) is 4.75. The van der Waals surface area contributed by atoms with E-state index in [0.29, 0.717) is 4.47 Å². The lowest BCUT2D eigenvalue weighted by atomic mass is 10.2. The number of aromatic hydroxyl groups is 1. The largest absolute Gasteiger partial charge is 0.507 e. The summed E-state index contributed by atoms with van der Waals surface area (Å²) >= 11 is 3.19. The maximum absolute atomic E-state index is 9.12. The number of halogens is 1. The van der Waals surface area contributed by atoms with Gasteiger partial charge < -0.3 is 5.11 Å². The SMILES string of the molecule is C=[C]c1cccc(O)c1Br. The van der Waals surface area contributed by atoms with Gasteiger partial charge in [0, 0.05) is 0 Å². The summed E-state index contributed by atoms with van der Waals surface area (Å²) in [4.78, 5) is 0. The van der Waals surface area contributed by atoms with Crippen LogP contribution >= 0.6 is 15.9 Å². The second-order valence-electron chi connectivity index (χ2n) is 1.82. The molecule has 51 valence electrons. The van der Waals surface area contributed by atoms with Crippen LogP contribution < -0.4 is 0 Å². The highest BCUT2D eigenvalue weighted by atomic mass is 79.9. The summed E-state index contributed by atoms with van der Waals surface area (Å²) in [7, 11) is 0. The van der Waals surface area contributed by atoms with Crippen molar-refractivity contribution >= 4 is 15.9 Å². The number of phenolic OH excluding ortho intramolecular Hbond substituents is 1. The molecule has 10 heavy (non-hydrogen) atoms. The molecule has 0 heterocycles. The monoisotopic (exact) mass is 197 g/mol. The van der Waals surface area contributed by atoms with E-state index < -0.39 is 0 Å². The van der Waals surface area contributed by atoms with E-state index in [1.807, 2.05) is 6.07 Å². The van der Waals surface area contributed by atoms with E-state index in [2.05, 4.69) is 28.6 Å². The third-order valence-corrected chi connectivity index (χ3v) is 2.00. The van der Waals surface area contributed by atoms with Crippen LogP contribution in [-0.4, -0.2) is 5.11 Å². The van der Waals surface area contributed by atoms with Gasteiger partial charge in [-0.2, -0.15) is 0 Å². The molecule has 1 radical (unpaired) electrons. The minimum atomic E-state index is 0.216. The average molecular weight is 198 g/mol. The van der Waals surface area contributed by atoms with E-state index in [4.69, 9.17) is 5.11 Å². The van der Waals surface area contributed by atoms with Crippen LogP contribution in [-0.2, 0) is 0 Å². The molecule has 0 unspecified atom stereocenters. The van der Waals surface area contributed by atoms with E-state index >= 15 is 0 Å². The molecule has 0 aliphatic rings. The van der Waals surface area contributed by atoms with E-state index in [0.717, 1.165) is 5.56 Å². The molecule has 1 N–H and O–H groups in total. The van der Waals surface area contributed by atoms with Crippen LogP contribution in [0.1, 0.15) is 5.56 Å². The van der Waals surface area contributed by atoms with Crippen LogP contribution in [0.25, 0.3) is 0 Å². The van der Waals surface area contributed by atoms with E-state index in [1.165, 1.54) is 0 Å². The standard InChI is InChI=1S/C8H6BrO/c1-2-6-4-3-5-7(10)8(6)9/h3-5,10H,1H2. The number of benzene rings is 1. The fourth-order valence-corrected chi connectivity index (χ4v) is 1.06. The van der Waals surface area contributed by atoms with Crippen LogP contribution in [0, 0.1) is 6.08 Å². The lowest BCUT2D eigenvalue weighted by Gasteiger charge is -1.98. The predicted octanol–water partition coefficient (Wildman–Crippen LogP) is 2.49. The molecule has 0 fully saturated rings. The smallest absolute Gasteiger partial charge is 0.130 e. The summed E-state index contributed by atoms with van der Waals surface area (Å²) in [6.07, 6.45) is 2.68. The third kappa shape index (κ3) is 1.21. The van der Waals surface area contributed by atoms with Gasteiger partial charge in [-0.3, -0.25) is 0 Å². The maximum atomic E-state index is 9.12. The Hall–Kier alpha value is -0.760. The zero-order chi connectivity index (χ0) is 7.56. The van der Waals surface area contributed by atoms with Gasteiger partial charge in [0.25, 0.3) is 0 Å². The Morgan fingerprint density at radius 3 is 2.70 bits per heavy atom. The average Bonchev–Trinajstić information content (AvgIpc) is 1.95. The Morgan fingerprint density at radius 1 is 1.50 bits per heavy atom. The van der Waals surface area contributed by atoms with Gasteiger partial charge in [-0.15, -0.1) is 0 Å². The first-order valence-corrected chi connectivity index (χ1v) is 3.55. The van der Waals surface area contributed by atoms with E-state index in [9.17, 15) is 0 Å². The normalized spacial score (nSPS) is 9.30. The Morgan fingerprint density at radius 2 is 2.20 bits per heavy atom. The highest BCUT2D eigenvalue weighted by molar-refractivity contribution is 9.10. The summed E-state index contributed by atoms with van der Waals surface area (Å²) < 4.78 is 0.644. The Kier molecular flexibility index (Phi) is 2.12. The highest BCUT2D eigenvalue weighted by Crippen LogP contribution is 2.26. The molecule has 0 atom stereocenters. The van der Waals surface area contributed by atoms with Crippen molar-refractivity contribution in [1.29, 1.82) is 0 Å². The minimum Gasteiger partial charge on any atom is -0.507 e. The van der Waals surface area contributed by atoms with Gasteiger partial charge in [0.1, 0.15) is 5.75 Å². The van der Waals surface area contributed by atoms with Crippen molar-refractivity contribution < 1.29 is 5.11 Å². The van der Waals surface area contributed by atoms with Crippen LogP contribution in [0.3, 0.4) is 0 Å². The molecule has 1 aromatic rings. The lowest BCUT2D eigenvalue weighted by molar-refractivity contribution is 0.471. The second kappa shape index (κ2) is 2.88. The van der Waals surface area contributed by atoms with Crippen molar-refractivity contribution in [3.63, 3.8) is 0 Å². The van der Waals surface area contributed by atoms with E-state index in [1.54, 1.807) is 12.1 Å². The molecule has 0 spiro atoms. The van der Waals surface area contributed by atoms with Crippen LogP contribution in [0.15, 0.2) is 29.3 Å². The van der Waals surface area contributed by atoms with Gasteiger partial charge in [-0.25, -0.2) is 0 Å². The molecule has 0 aromatic heterocycles. The Bertz CT molecular complexity index is 255. The summed E-state index contributed by atoms with van der Waals surface area (Å²) in [5.41, 5.74) is 0.778. The Labute approximate surface area is 68.1 Å². The van der Waals surface area contributed by atoms with Crippen LogP contribution in [0.2, 0.25) is 0 Å². The van der Waals surface area contributed by atoms with Gasteiger partial charge in [-0.1, -0.05) is 18.7 Å². The molecule has 1 rings (SSSR count). The molecular weight excluding hydrogens is 192 g/mol. The van der Waals surface area contributed by atoms with Gasteiger partial charge in [0.2, 0.25) is 0 Å². The molecule has 1 nitrogen and oxygen atoms in total. The minimum absolute atomic E-state index is 0.216. The molecule has 0 saturated carbocycles. The second-order valence-corrected chi connectivity index (χ2v) is 2.61. The maximum Gasteiger partial charge on any atom is 0.130 e. The van der Waals surface area contributed by atoms with Gasteiger partial charge >= 0.3 is 0 Å². The molecule has 1 aromatic carbocycles. The highest BCUT2D eigenvalue weighted by Gasteiger charge is 1.99. The molecular formula is C8H6BrO. The zero-order valence-electron chi connectivity index (χ0n) is 5.26. The van der Waals surface area contributed by atoms with Gasteiger partial charge in [0.05, 0.1) is 4.47 Å². The van der Waals surface area contributed by atoms with Crippen LogP contribution in [0.5, 0.6) is 5.75 Å². The van der Waals surface area contributed by atoms with Crippen molar-refractivity contribution in [1.82, 2.24) is 0 Å². The summed E-state index contributed by atoms with van der Waals surface area (Å²) in [5.74, 6) is 0.216. The lowest BCUT2D eigenvalue weighted by Crippen LogP contribution is -1.75. The van der Waals surface area contributed by atoms with Crippen molar-refractivity contribution in [2.75, 3.05) is 0 Å². The first kappa shape index (κ1) is 7.35. The van der Waals surface area contributed by atoms with E-state index in [-0.39, 0.29) is 5.75 Å². The Balaban J connectivity index is 3.27. The third-order valence-electron chi connectivity index (χ3n) is 1.17. The fourth-order valence-electron chi connectivity index (χ4n) is 0.656. The van der Waals surface area contributed by atoms with Crippen molar-refractivity contribution in [2.24, 2.45) is 0 Å². The predicted molar refractivity (Wildman–Crippen MR) is 43.8 cm³/mol. The summed E-state index contributed by atoms with van der Waals surface area (Å²) in [6.45, 7) is 3.47.